The van der Waals surface area contributed by atoms with Gasteiger partial charge in [-0.25, -0.2) is 8.42 Å². The molecule has 8 heteroatoms. The number of nitrogens with zero attached hydrogens (tertiary/aromatic N) is 1. The van der Waals surface area contributed by atoms with Crippen molar-refractivity contribution in [2.45, 2.75) is 17.9 Å². The zero-order valence-corrected chi connectivity index (χ0v) is 16.3. The number of piperazine rings is 1. The van der Waals surface area contributed by atoms with Gasteiger partial charge in [0.05, 0.1) is 44.3 Å². The second-order valence-electron chi connectivity index (χ2n) is 7.39. The second kappa shape index (κ2) is 8.77. The van der Waals surface area contributed by atoms with E-state index >= 15 is 0 Å². The van der Waals surface area contributed by atoms with E-state index in [2.05, 4.69) is 0 Å². The van der Waals surface area contributed by atoms with E-state index in [4.69, 9.17) is 4.74 Å². The van der Waals surface area contributed by atoms with Crippen LogP contribution < -0.4 is 9.80 Å². The summed E-state index contributed by atoms with van der Waals surface area (Å²) in [5.41, 5.74) is 1.05. The molecule has 2 aliphatic heterocycles. The molecule has 26 heavy (non-hydrogen) atoms. The van der Waals surface area contributed by atoms with Crippen molar-refractivity contribution in [1.29, 1.82) is 0 Å². The summed E-state index contributed by atoms with van der Waals surface area (Å²) >= 11 is 0. The third-order valence-electron chi connectivity index (χ3n) is 5.34. The van der Waals surface area contributed by atoms with Crippen molar-refractivity contribution in [3.8, 4) is 0 Å². The molecule has 1 aromatic carbocycles. The molecular formula is C18H31N3O4S+2. The molecule has 0 amide bonds. The molecule has 3 N–H and O–H groups in total. The lowest BCUT2D eigenvalue weighted by molar-refractivity contribution is -0.930. The molecule has 146 valence electrons. The summed E-state index contributed by atoms with van der Waals surface area (Å²) in [6.45, 7) is 9.30. The summed E-state index contributed by atoms with van der Waals surface area (Å²) in [7, 11) is -3.41. The Morgan fingerprint density at radius 3 is 2.15 bits per heavy atom. The van der Waals surface area contributed by atoms with Crippen molar-refractivity contribution in [1.82, 2.24) is 4.31 Å². The Hall–Kier alpha value is -1.03. The summed E-state index contributed by atoms with van der Waals surface area (Å²) in [4.78, 5) is 3.03. The van der Waals surface area contributed by atoms with E-state index in [1.54, 1.807) is 16.4 Å². The van der Waals surface area contributed by atoms with Crippen LogP contribution in [0.5, 0.6) is 0 Å². The Bertz CT molecular complexity index is 666. The lowest BCUT2D eigenvalue weighted by Crippen LogP contribution is -3.19. The van der Waals surface area contributed by atoms with Gasteiger partial charge in [0.1, 0.15) is 26.2 Å². The highest BCUT2D eigenvalue weighted by atomic mass is 32.2. The third-order valence-corrected chi connectivity index (χ3v) is 7.25. The van der Waals surface area contributed by atoms with Crippen molar-refractivity contribution >= 4 is 10.0 Å². The van der Waals surface area contributed by atoms with Crippen LogP contribution in [0.3, 0.4) is 0 Å². The minimum absolute atomic E-state index is 0.349. The Kier molecular flexibility index (Phi) is 6.65. The van der Waals surface area contributed by atoms with E-state index in [0.717, 1.165) is 51.5 Å². The first-order valence-electron chi connectivity index (χ1n) is 9.45. The van der Waals surface area contributed by atoms with Gasteiger partial charge in [-0.15, -0.1) is 0 Å². The zero-order valence-electron chi connectivity index (χ0n) is 15.5. The first kappa shape index (κ1) is 19.7. The maximum atomic E-state index is 12.7. The normalized spacial score (nSPS) is 22.4. The van der Waals surface area contributed by atoms with Gasteiger partial charge in [0.25, 0.3) is 0 Å². The lowest BCUT2D eigenvalue weighted by atomic mass is 10.2. The van der Waals surface area contributed by atoms with Gasteiger partial charge in [0.15, 0.2) is 6.10 Å². The second-order valence-corrected chi connectivity index (χ2v) is 9.33. The molecule has 1 atom stereocenters. The van der Waals surface area contributed by atoms with Gasteiger partial charge in [-0.05, 0) is 19.1 Å². The van der Waals surface area contributed by atoms with Crippen molar-refractivity contribution in [3.05, 3.63) is 29.8 Å². The molecule has 2 fully saturated rings. The number of hydrogen-bond acceptors (Lipinski definition) is 4. The SMILES string of the molecule is Cc1ccc(S(=O)(=O)N2CC[NH+](C[C@@H](O)C[NH+]3CCOCC3)CC2)cc1. The first-order valence-corrected chi connectivity index (χ1v) is 10.9. The molecule has 0 radical (unpaired) electrons. The van der Waals surface area contributed by atoms with Gasteiger partial charge in [-0.2, -0.15) is 4.31 Å². The molecule has 3 rings (SSSR count). The highest BCUT2D eigenvalue weighted by Gasteiger charge is 2.31. The summed E-state index contributed by atoms with van der Waals surface area (Å²) in [6.07, 6.45) is -0.349. The van der Waals surface area contributed by atoms with Crippen LogP contribution in [-0.4, -0.2) is 89.5 Å². The van der Waals surface area contributed by atoms with E-state index in [0.29, 0.717) is 24.5 Å². The summed E-state index contributed by atoms with van der Waals surface area (Å²) < 4.78 is 32.4. The molecule has 2 heterocycles. The molecule has 2 saturated heterocycles. The molecule has 2 aliphatic rings. The number of sulfonamides is 1. The lowest BCUT2D eigenvalue weighted by Gasteiger charge is -2.33. The molecule has 0 saturated carbocycles. The number of quaternary nitrogens is 2. The molecule has 0 aromatic heterocycles. The van der Waals surface area contributed by atoms with E-state index in [9.17, 15) is 13.5 Å². The molecule has 0 unspecified atom stereocenters. The number of benzene rings is 1. The van der Waals surface area contributed by atoms with Gasteiger partial charge >= 0.3 is 0 Å². The summed E-state index contributed by atoms with van der Waals surface area (Å²) in [6, 6.07) is 7.02. The average Bonchev–Trinajstić information content (AvgIpc) is 2.63. The number of hydrogen-bond donors (Lipinski definition) is 3. The Balaban J connectivity index is 1.48. The average molecular weight is 386 g/mol. The predicted octanol–water partition coefficient (Wildman–Crippen LogP) is -2.84. The maximum absolute atomic E-state index is 12.7. The number of aliphatic hydroxyl groups is 1. The number of aryl methyl sites for hydroxylation is 1. The maximum Gasteiger partial charge on any atom is 0.243 e. The van der Waals surface area contributed by atoms with Crippen LogP contribution in [0, 0.1) is 6.92 Å². The van der Waals surface area contributed by atoms with Gasteiger partial charge < -0.3 is 19.6 Å². The molecule has 0 bridgehead atoms. The monoisotopic (exact) mass is 385 g/mol. The minimum atomic E-state index is -3.41. The van der Waals surface area contributed by atoms with E-state index in [1.165, 1.54) is 9.80 Å². The van der Waals surface area contributed by atoms with Crippen molar-refractivity contribution in [2.75, 3.05) is 65.6 Å². The fraction of sp³-hybridized carbons (Fsp3) is 0.667. The minimum Gasteiger partial charge on any atom is -0.382 e. The van der Waals surface area contributed by atoms with Crippen molar-refractivity contribution < 1.29 is 28.1 Å². The van der Waals surface area contributed by atoms with E-state index in [-0.39, 0.29) is 6.10 Å². The number of morpholine rings is 1. The highest BCUT2D eigenvalue weighted by Crippen LogP contribution is 2.16. The van der Waals surface area contributed by atoms with Crippen molar-refractivity contribution in [3.63, 3.8) is 0 Å². The number of ether oxygens (including phenoxy) is 1. The van der Waals surface area contributed by atoms with Crippen LogP contribution in [0.2, 0.25) is 0 Å². The van der Waals surface area contributed by atoms with Crippen LogP contribution in [0.4, 0.5) is 0 Å². The third kappa shape index (κ3) is 5.03. The fourth-order valence-electron chi connectivity index (χ4n) is 3.71. The largest absolute Gasteiger partial charge is 0.382 e. The molecule has 7 nitrogen and oxygen atoms in total. The zero-order chi connectivity index (χ0) is 18.6. The molecule has 0 spiro atoms. The quantitative estimate of drug-likeness (QED) is 0.493. The first-order chi connectivity index (χ1) is 12.4. The van der Waals surface area contributed by atoms with Crippen LogP contribution in [0.15, 0.2) is 29.2 Å². The van der Waals surface area contributed by atoms with Crippen molar-refractivity contribution in [2.24, 2.45) is 0 Å². The van der Waals surface area contributed by atoms with Crippen LogP contribution >= 0.6 is 0 Å². The Morgan fingerprint density at radius 1 is 1.04 bits per heavy atom. The van der Waals surface area contributed by atoms with Gasteiger partial charge in [-0.1, -0.05) is 17.7 Å². The summed E-state index contributed by atoms with van der Waals surface area (Å²) in [5.74, 6) is 0. The van der Waals surface area contributed by atoms with E-state index < -0.39 is 10.0 Å². The Morgan fingerprint density at radius 2 is 1.58 bits per heavy atom. The van der Waals surface area contributed by atoms with Crippen LogP contribution in [0.25, 0.3) is 0 Å². The van der Waals surface area contributed by atoms with E-state index in [1.807, 2.05) is 19.1 Å². The highest BCUT2D eigenvalue weighted by molar-refractivity contribution is 7.89. The predicted molar refractivity (Wildman–Crippen MR) is 97.9 cm³/mol. The topological polar surface area (TPSA) is 75.7 Å². The Labute approximate surface area is 156 Å². The molecular weight excluding hydrogens is 354 g/mol. The fourth-order valence-corrected chi connectivity index (χ4v) is 5.15. The molecule has 0 aliphatic carbocycles. The molecule has 1 aromatic rings. The summed E-state index contributed by atoms with van der Waals surface area (Å²) in [5, 5.41) is 10.4. The van der Waals surface area contributed by atoms with Crippen LogP contribution in [0.1, 0.15) is 5.56 Å². The number of nitrogens with one attached hydrogen (secondary N) is 2. The number of aliphatic hydroxyl groups excluding tert-OH is 1. The van der Waals surface area contributed by atoms with Gasteiger partial charge in [-0.3, -0.25) is 0 Å². The van der Waals surface area contributed by atoms with Gasteiger partial charge in [0, 0.05) is 0 Å². The number of rotatable bonds is 6. The van der Waals surface area contributed by atoms with Crippen LogP contribution in [-0.2, 0) is 14.8 Å². The smallest absolute Gasteiger partial charge is 0.243 e. The van der Waals surface area contributed by atoms with Gasteiger partial charge in [0.2, 0.25) is 10.0 Å². The standard InChI is InChI=1S/C18H29N3O4S/c1-16-2-4-18(5-3-16)26(23,24)21-8-6-19(7-9-21)14-17(22)15-20-10-12-25-13-11-20/h2-5,17,22H,6-15H2,1H3/p+2/t17-/m1/s1.